The maximum atomic E-state index is 11.7. The van der Waals surface area contributed by atoms with Gasteiger partial charge in [0, 0.05) is 18.3 Å². The molecule has 5 heteroatoms. The lowest BCUT2D eigenvalue weighted by atomic mass is 10.0. The predicted molar refractivity (Wildman–Crippen MR) is 84.0 cm³/mol. The fourth-order valence-corrected chi connectivity index (χ4v) is 3.37. The number of rotatable bonds is 6. The van der Waals surface area contributed by atoms with Gasteiger partial charge in [0.05, 0.1) is 13.0 Å². The van der Waals surface area contributed by atoms with Crippen LogP contribution < -0.4 is 15.8 Å². The van der Waals surface area contributed by atoms with Crippen LogP contribution in [0.25, 0.3) is 0 Å². The molecule has 0 aliphatic carbocycles. The van der Waals surface area contributed by atoms with Gasteiger partial charge in [-0.05, 0) is 42.4 Å². The van der Waals surface area contributed by atoms with Crippen LogP contribution in [0.4, 0.5) is 5.69 Å². The molecule has 0 aromatic heterocycles. The number of hydrogen-bond donors (Lipinski definition) is 2. The molecule has 0 unspecified atom stereocenters. The van der Waals surface area contributed by atoms with E-state index < -0.39 is 0 Å². The third kappa shape index (κ3) is 5.33. The SMILES string of the molecule is Nc1cccc(OCCC(=O)NCC2CCSCC2)c1. The maximum absolute atomic E-state index is 11.7. The standard InChI is InChI=1S/C15H22N2O2S/c16-13-2-1-3-14(10-13)19-7-4-15(18)17-11-12-5-8-20-9-6-12/h1-3,10,12H,4-9,11,16H2,(H,17,18). The van der Waals surface area contributed by atoms with Crippen LogP contribution in [0.3, 0.4) is 0 Å². The Hall–Kier alpha value is -1.36. The molecular formula is C15H22N2O2S. The second-order valence-electron chi connectivity index (χ2n) is 5.03. The van der Waals surface area contributed by atoms with Crippen molar-refractivity contribution in [2.45, 2.75) is 19.3 Å². The number of nitrogens with two attached hydrogens (primary N) is 1. The first-order chi connectivity index (χ1) is 9.74. The highest BCUT2D eigenvalue weighted by atomic mass is 32.2. The first-order valence-corrected chi connectivity index (χ1v) is 8.22. The Balaban J connectivity index is 1.60. The molecule has 1 amide bonds. The van der Waals surface area contributed by atoms with Gasteiger partial charge in [0.15, 0.2) is 0 Å². The highest BCUT2D eigenvalue weighted by Gasteiger charge is 2.14. The third-order valence-corrected chi connectivity index (χ3v) is 4.43. The van der Waals surface area contributed by atoms with Gasteiger partial charge in [0.1, 0.15) is 5.75 Å². The topological polar surface area (TPSA) is 64.3 Å². The number of nitrogen functional groups attached to an aromatic ring is 1. The summed E-state index contributed by atoms with van der Waals surface area (Å²) in [6, 6.07) is 7.25. The zero-order valence-corrected chi connectivity index (χ0v) is 12.5. The minimum Gasteiger partial charge on any atom is -0.493 e. The van der Waals surface area contributed by atoms with Crippen LogP contribution in [0.5, 0.6) is 5.75 Å². The fourth-order valence-electron chi connectivity index (χ4n) is 2.16. The zero-order valence-electron chi connectivity index (χ0n) is 11.6. The minimum atomic E-state index is 0.0622. The predicted octanol–water partition coefficient (Wildman–Crippen LogP) is 2.30. The maximum Gasteiger partial charge on any atom is 0.223 e. The quantitative estimate of drug-likeness (QED) is 0.790. The second kappa shape index (κ2) is 8.04. The highest BCUT2D eigenvalue weighted by Crippen LogP contribution is 2.21. The van der Waals surface area contributed by atoms with E-state index in [4.69, 9.17) is 10.5 Å². The fraction of sp³-hybridized carbons (Fsp3) is 0.533. The molecule has 110 valence electrons. The average molecular weight is 294 g/mol. The summed E-state index contributed by atoms with van der Waals surface area (Å²) in [6.45, 7) is 1.19. The molecule has 1 aromatic rings. The molecule has 0 saturated carbocycles. The molecule has 0 radical (unpaired) electrons. The van der Waals surface area contributed by atoms with E-state index in [1.165, 1.54) is 24.3 Å². The molecule has 0 spiro atoms. The number of amides is 1. The average Bonchev–Trinajstić information content (AvgIpc) is 2.46. The van der Waals surface area contributed by atoms with Crippen molar-refractivity contribution in [3.05, 3.63) is 24.3 Å². The van der Waals surface area contributed by atoms with Gasteiger partial charge in [0.2, 0.25) is 5.91 Å². The van der Waals surface area contributed by atoms with E-state index in [1.807, 2.05) is 30.0 Å². The number of nitrogens with one attached hydrogen (secondary N) is 1. The largest absolute Gasteiger partial charge is 0.493 e. The molecule has 0 atom stereocenters. The highest BCUT2D eigenvalue weighted by molar-refractivity contribution is 7.99. The number of carbonyl (C=O) groups excluding carboxylic acids is 1. The Morgan fingerprint density at radius 3 is 2.95 bits per heavy atom. The summed E-state index contributed by atoms with van der Waals surface area (Å²) in [4.78, 5) is 11.7. The van der Waals surface area contributed by atoms with Gasteiger partial charge in [0.25, 0.3) is 0 Å². The van der Waals surface area contributed by atoms with Crippen LogP contribution in [0, 0.1) is 5.92 Å². The Labute approximate surface area is 124 Å². The number of thioether (sulfide) groups is 1. The normalized spacial score (nSPS) is 15.8. The summed E-state index contributed by atoms with van der Waals surface area (Å²) in [5, 5.41) is 3.00. The Kier molecular flexibility index (Phi) is 6.05. The molecule has 1 heterocycles. The molecular weight excluding hydrogens is 272 g/mol. The van der Waals surface area contributed by atoms with Gasteiger partial charge >= 0.3 is 0 Å². The summed E-state index contributed by atoms with van der Waals surface area (Å²) in [7, 11) is 0. The van der Waals surface area contributed by atoms with Crippen LogP contribution in [0.2, 0.25) is 0 Å². The van der Waals surface area contributed by atoms with Gasteiger partial charge in [-0.1, -0.05) is 6.07 Å². The van der Waals surface area contributed by atoms with Crippen molar-refractivity contribution in [2.24, 2.45) is 5.92 Å². The summed E-state index contributed by atoms with van der Waals surface area (Å²) in [6.07, 6.45) is 2.81. The van der Waals surface area contributed by atoms with E-state index in [1.54, 1.807) is 6.07 Å². The number of anilines is 1. The van der Waals surface area contributed by atoms with Crippen molar-refractivity contribution < 1.29 is 9.53 Å². The summed E-state index contributed by atoms with van der Waals surface area (Å²) < 4.78 is 5.51. The van der Waals surface area contributed by atoms with Crippen molar-refractivity contribution in [3.63, 3.8) is 0 Å². The first-order valence-electron chi connectivity index (χ1n) is 7.07. The monoisotopic (exact) mass is 294 g/mol. The summed E-state index contributed by atoms with van der Waals surface area (Å²) in [5.41, 5.74) is 6.33. The third-order valence-electron chi connectivity index (χ3n) is 3.38. The van der Waals surface area contributed by atoms with Gasteiger partial charge < -0.3 is 15.8 Å². The van der Waals surface area contributed by atoms with Crippen molar-refractivity contribution in [1.29, 1.82) is 0 Å². The van der Waals surface area contributed by atoms with Crippen LogP contribution in [0.1, 0.15) is 19.3 Å². The Morgan fingerprint density at radius 1 is 1.40 bits per heavy atom. The van der Waals surface area contributed by atoms with Crippen molar-refractivity contribution in [1.82, 2.24) is 5.32 Å². The zero-order chi connectivity index (χ0) is 14.2. The summed E-state index contributed by atoms with van der Waals surface area (Å²) >= 11 is 2.00. The number of carbonyl (C=O) groups is 1. The minimum absolute atomic E-state index is 0.0622. The lowest BCUT2D eigenvalue weighted by Gasteiger charge is -2.21. The summed E-state index contributed by atoms with van der Waals surface area (Å²) in [5.74, 6) is 3.86. The molecule has 1 aromatic carbocycles. The van der Waals surface area contributed by atoms with Crippen molar-refractivity contribution in [2.75, 3.05) is 30.4 Å². The van der Waals surface area contributed by atoms with E-state index in [2.05, 4.69) is 5.32 Å². The van der Waals surface area contributed by atoms with E-state index in [0.29, 0.717) is 30.4 Å². The molecule has 1 aliphatic rings. The molecule has 0 bridgehead atoms. The second-order valence-corrected chi connectivity index (χ2v) is 6.26. The van der Waals surface area contributed by atoms with Gasteiger partial charge in [-0.3, -0.25) is 4.79 Å². The lowest BCUT2D eigenvalue weighted by molar-refractivity contribution is -0.121. The smallest absolute Gasteiger partial charge is 0.223 e. The van der Waals surface area contributed by atoms with E-state index in [0.717, 1.165) is 6.54 Å². The van der Waals surface area contributed by atoms with Crippen LogP contribution in [-0.4, -0.2) is 30.6 Å². The van der Waals surface area contributed by atoms with Crippen LogP contribution in [-0.2, 0) is 4.79 Å². The molecule has 20 heavy (non-hydrogen) atoms. The van der Waals surface area contributed by atoms with Crippen molar-refractivity contribution in [3.8, 4) is 5.75 Å². The number of ether oxygens (including phenoxy) is 1. The Bertz CT molecular complexity index is 434. The molecule has 2 rings (SSSR count). The van der Waals surface area contributed by atoms with Gasteiger partial charge in [-0.25, -0.2) is 0 Å². The van der Waals surface area contributed by atoms with Crippen LogP contribution >= 0.6 is 11.8 Å². The van der Waals surface area contributed by atoms with Crippen molar-refractivity contribution >= 4 is 23.4 Å². The lowest BCUT2D eigenvalue weighted by Crippen LogP contribution is -2.31. The molecule has 4 nitrogen and oxygen atoms in total. The number of benzene rings is 1. The Morgan fingerprint density at radius 2 is 2.20 bits per heavy atom. The van der Waals surface area contributed by atoms with Gasteiger partial charge in [-0.15, -0.1) is 0 Å². The first kappa shape index (κ1) is 15.0. The molecule has 3 N–H and O–H groups in total. The molecule has 1 fully saturated rings. The molecule has 1 aliphatic heterocycles. The molecule has 1 saturated heterocycles. The number of hydrogen-bond acceptors (Lipinski definition) is 4. The van der Waals surface area contributed by atoms with Gasteiger partial charge in [-0.2, -0.15) is 11.8 Å². The van der Waals surface area contributed by atoms with Crippen LogP contribution in [0.15, 0.2) is 24.3 Å². The van der Waals surface area contributed by atoms with E-state index >= 15 is 0 Å². The van der Waals surface area contributed by atoms with E-state index in [9.17, 15) is 4.79 Å². The van der Waals surface area contributed by atoms with E-state index in [-0.39, 0.29) is 5.91 Å².